The largest absolute Gasteiger partial charge is 0.361 e. The van der Waals surface area contributed by atoms with Crippen LogP contribution in [-0.2, 0) is 24.2 Å². The van der Waals surface area contributed by atoms with Crippen LogP contribution in [0.5, 0.6) is 0 Å². The normalized spacial score (nSPS) is 15.2. The molecular weight excluding hydrogens is 424 g/mol. The van der Waals surface area contributed by atoms with E-state index in [4.69, 9.17) is 4.98 Å². The fourth-order valence-corrected chi connectivity index (χ4v) is 4.41. The smallest absolute Gasteiger partial charge is 0.246 e. The Morgan fingerprint density at radius 3 is 2.56 bits per heavy atom. The average Bonchev–Trinajstić information content (AvgIpc) is 3.30. The van der Waals surface area contributed by atoms with Gasteiger partial charge >= 0.3 is 0 Å². The highest BCUT2D eigenvalue weighted by Gasteiger charge is 2.28. The van der Waals surface area contributed by atoms with Crippen LogP contribution in [0.4, 0.5) is 11.4 Å². The highest BCUT2D eigenvalue weighted by Crippen LogP contribution is 2.33. The van der Waals surface area contributed by atoms with Crippen molar-refractivity contribution in [1.29, 1.82) is 0 Å². The van der Waals surface area contributed by atoms with Gasteiger partial charge in [-0.2, -0.15) is 0 Å². The average molecular weight is 453 g/mol. The van der Waals surface area contributed by atoms with Crippen molar-refractivity contribution in [2.45, 2.75) is 39.3 Å². The molecular formula is C27H28N6O. The molecule has 1 amide bonds. The molecule has 0 radical (unpaired) electrons. The zero-order valence-corrected chi connectivity index (χ0v) is 19.7. The number of likely N-dealkylation sites (N-methyl/N-ethyl adjacent to an activating group) is 1. The first kappa shape index (κ1) is 21.8. The van der Waals surface area contributed by atoms with Crippen molar-refractivity contribution in [1.82, 2.24) is 20.0 Å². The number of aromatic nitrogens is 4. The summed E-state index contributed by atoms with van der Waals surface area (Å²) in [6, 6.07) is 20.7. The Bertz CT molecular complexity index is 1330. The van der Waals surface area contributed by atoms with Gasteiger partial charge in [0, 0.05) is 18.9 Å². The van der Waals surface area contributed by atoms with E-state index in [2.05, 4.69) is 70.2 Å². The van der Waals surface area contributed by atoms with Crippen LogP contribution in [0.3, 0.4) is 0 Å². The number of carbonyl (C=O) groups is 1. The number of nitrogens with one attached hydrogen (secondary N) is 1. The summed E-state index contributed by atoms with van der Waals surface area (Å²) in [6.07, 6.45) is 3.52. The van der Waals surface area contributed by atoms with Gasteiger partial charge in [0.15, 0.2) is 0 Å². The Morgan fingerprint density at radius 1 is 1.00 bits per heavy atom. The second-order valence-corrected chi connectivity index (χ2v) is 8.80. The van der Waals surface area contributed by atoms with E-state index in [0.717, 1.165) is 41.3 Å². The van der Waals surface area contributed by atoms with Crippen LogP contribution in [0, 0.1) is 6.92 Å². The van der Waals surface area contributed by atoms with Crippen molar-refractivity contribution >= 4 is 17.3 Å². The standard InChI is InChI=1S/C27H28N6O/c1-18-26-25(32(3)19(2)27(34)29-26)15-22(28-18)13-14-23-17-33(31-30-23)16-21-11-7-8-12-24(21)20-9-5-4-6-10-20/h4-12,15,17,19H,13-14,16H2,1-3H3,(H,29,34)/t19-/m0/s1. The van der Waals surface area contributed by atoms with Crippen molar-refractivity contribution in [2.75, 3.05) is 17.3 Å². The molecule has 0 bridgehead atoms. The number of fused-ring (bicyclic) bond motifs is 1. The van der Waals surface area contributed by atoms with Gasteiger partial charge in [0.25, 0.3) is 0 Å². The van der Waals surface area contributed by atoms with E-state index in [1.165, 1.54) is 16.7 Å². The lowest BCUT2D eigenvalue weighted by molar-refractivity contribution is -0.117. The van der Waals surface area contributed by atoms with E-state index in [1.807, 2.05) is 42.7 Å². The Labute approximate surface area is 199 Å². The molecule has 0 aliphatic carbocycles. The summed E-state index contributed by atoms with van der Waals surface area (Å²) in [7, 11) is 1.95. The summed E-state index contributed by atoms with van der Waals surface area (Å²) in [5.74, 6) is -0.00176. The van der Waals surface area contributed by atoms with Crippen molar-refractivity contribution in [3.8, 4) is 11.1 Å². The maximum absolute atomic E-state index is 12.2. The number of hydrogen-bond donors (Lipinski definition) is 1. The predicted molar refractivity (Wildman–Crippen MR) is 134 cm³/mol. The minimum atomic E-state index is -0.208. The van der Waals surface area contributed by atoms with Gasteiger partial charge in [-0.3, -0.25) is 9.78 Å². The van der Waals surface area contributed by atoms with Gasteiger partial charge in [0.2, 0.25) is 5.91 Å². The SMILES string of the molecule is Cc1nc(CCc2cn(Cc3ccccc3-c3ccccc3)nn2)cc2c1NC(=O)[C@H](C)N2C. The minimum absolute atomic E-state index is 0.00176. The molecule has 0 saturated carbocycles. The third-order valence-electron chi connectivity index (χ3n) is 6.48. The first-order valence-corrected chi connectivity index (χ1v) is 11.6. The monoisotopic (exact) mass is 452 g/mol. The van der Waals surface area contributed by atoms with Gasteiger partial charge in [-0.15, -0.1) is 5.10 Å². The summed E-state index contributed by atoms with van der Waals surface area (Å²) in [6.45, 7) is 4.51. The molecule has 34 heavy (non-hydrogen) atoms. The van der Waals surface area contributed by atoms with E-state index in [1.54, 1.807) is 0 Å². The molecule has 0 fully saturated rings. The number of benzene rings is 2. The Balaban J connectivity index is 1.30. The van der Waals surface area contributed by atoms with Crippen molar-refractivity contribution in [3.05, 3.63) is 89.5 Å². The van der Waals surface area contributed by atoms with E-state index >= 15 is 0 Å². The summed E-state index contributed by atoms with van der Waals surface area (Å²) in [4.78, 5) is 18.9. The minimum Gasteiger partial charge on any atom is -0.361 e. The third kappa shape index (κ3) is 4.29. The van der Waals surface area contributed by atoms with Gasteiger partial charge < -0.3 is 10.2 Å². The quantitative estimate of drug-likeness (QED) is 0.473. The molecule has 3 heterocycles. The fraction of sp³-hybridized carbons (Fsp3) is 0.259. The fourth-order valence-electron chi connectivity index (χ4n) is 4.41. The van der Waals surface area contributed by atoms with Crippen LogP contribution < -0.4 is 10.2 Å². The molecule has 2 aromatic heterocycles. The second kappa shape index (κ2) is 9.09. The summed E-state index contributed by atoms with van der Waals surface area (Å²) < 4.78 is 1.90. The van der Waals surface area contributed by atoms with E-state index in [0.29, 0.717) is 6.54 Å². The van der Waals surface area contributed by atoms with Gasteiger partial charge in [-0.1, -0.05) is 59.8 Å². The molecule has 2 aromatic carbocycles. The molecule has 0 saturated heterocycles. The van der Waals surface area contributed by atoms with Crippen LogP contribution >= 0.6 is 0 Å². The zero-order chi connectivity index (χ0) is 23.7. The zero-order valence-electron chi connectivity index (χ0n) is 19.7. The summed E-state index contributed by atoms with van der Waals surface area (Å²) in [5.41, 5.74) is 8.17. The van der Waals surface area contributed by atoms with E-state index in [-0.39, 0.29) is 11.9 Å². The second-order valence-electron chi connectivity index (χ2n) is 8.80. The first-order valence-electron chi connectivity index (χ1n) is 11.6. The molecule has 7 heteroatoms. The molecule has 1 aliphatic rings. The van der Waals surface area contributed by atoms with Gasteiger partial charge in [0.05, 0.1) is 29.3 Å². The molecule has 1 aliphatic heterocycles. The maximum Gasteiger partial charge on any atom is 0.246 e. The molecule has 172 valence electrons. The molecule has 4 aromatic rings. The summed E-state index contributed by atoms with van der Waals surface area (Å²) in [5, 5.41) is 11.7. The molecule has 0 unspecified atom stereocenters. The lowest BCUT2D eigenvalue weighted by Crippen LogP contribution is -2.44. The molecule has 0 spiro atoms. The predicted octanol–water partition coefficient (Wildman–Crippen LogP) is 4.26. The Kier molecular flexibility index (Phi) is 5.84. The number of anilines is 2. The Hall–Kier alpha value is -4.00. The number of pyridine rings is 1. The number of carbonyl (C=O) groups excluding carboxylic acids is 1. The molecule has 7 nitrogen and oxygen atoms in total. The van der Waals surface area contributed by atoms with Crippen LogP contribution in [0.25, 0.3) is 11.1 Å². The number of hydrogen-bond acceptors (Lipinski definition) is 5. The van der Waals surface area contributed by atoms with Crippen LogP contribution in [0.1, 0.15) is 29.6 Å². The van der Waals surface area contributed by atoms with Crippen LogP contribution in [-0.4, -0.2) is 39.0 Å². The topological polar surface area (TPSA) is 75.9 Å². The molecule has 1 N–H and O–H groups in total. The number of nitrogens with zero attached hydrogens (tertiary/aromatic N) is 5. The molecule has 1 atom stereocenters. The van der Waals surface area contributed by atoms with Crippen molar-refractivity contribution in [2.24, 2.45) is 0 Å². The van der Waals surface area contributed by atoms with Gasteiger partial charge in [0.1, 0.15) is 6.04 Å². The first-order chi connectivity index (χ1) is 16.5. The van der Waals surface area contributed by atoms with E-state index < -0.39 is 0 Å². The van der Waals surface area contributed by atoms with Gasteiger partial charge in [-0.25, -0.2) is 4.68 Å². The summed E-state index contributed by atoms with van der Waals surface area (Å²) >= 11 is 0. The molecule has 5 rings (SSSR count). The maximum atomic E-state index is 12.2. The van der Waals surface area contributed by atoms with Gasteiger partial charge in [-0.05, 0) is 49.4 Å². The number of rotatable bonds is 6. The third-order valence-corrected chi connectivity index (χ3v) is 6.48. The lowest BCUT2D eigenvalue weighted by Gasteiger charge is -2.34. The highest BCUT2D eigenvalue weighted by atomic mass is 16.2. The highest BCUT2D eigenvalue weighted by molar-refractivity contribution is 6.03. The van der Waals surface area contributed by atoms with Crippen molar-refractivity contribution < 1.29 is 4.79 Å². The van der Waals surface area contributed by atoms with E-state index in [9.17, 15) is 4.79 Å². The van der Waals surface area contributed by atoms with Crippen LogP contribution in [0.15, 0.2) is 66.9 Å². The van der Waals surface area contributed by atoms with Crippen molar-refractivity contribution in [3.63, 3.8) is 0 Å². The Morgan fingerprint density at radius 2 is 1.74 bits per heavy atom. The number of amides is 1. The lowest BCUT2D eigenvalue weighted by atomic mass is 10.00. The van der Waals surface area contributed by atoms with Crippen LogP contribution in [0.2, 0.25) is 0 Å². The number of aryl methyl sites for hydroxylation is 3.